The van der Waals surface area contributed by atoms with Gasteiger partial charge in [-0.05, 0) is 51.4 Å². The highest BCUT2D eigenvalue weighted by atomic mass is 35.5. The molecular formula is C19H27ClN2O. The molecule has 1 aromatic carbocycles. The molecule has 0 N–H and O–H groups in total. The molecule has 1 amide bonds. The van der Waals surface area contributed by atoms with E-state index in [9.17, 15) is 4.79 Å². The fraction of sp³-hybridized carbons (Fsp3) is 0.526. The van der Waals surface area contributed by atoms with Crippen LogP contribution < -0.4 is 0 Å². The monoisotopic (exact) mass is 334 g/mol. The average Bonchev–Trinajstić information content (AvgIpc) is 2.54. The molecule has 23 heavy (non-hydrogen) atoms. The molecule has 1 aliphatic rings. The highest BCUT2D eigenvalue weighted by molar-refractivity contribution is 6.31. The third-order valence-corrected chi connectivity index (χ3v) is 4.81. The quantitative estimate of drug-likeness (QED) is 0.735. The van der Waals surface area contributed by atoms with Gasteiger partial charge in [0.1, 0.15) is 0 Å². The van der Waals surface area contributed by atoms with Crippen LogP contribution in [0.2, 0.25) is 5.02 Å². The van der Waals surface area contributed by atoms with Crippen molar-refractivity contribution in [2.75, 3.05) is 26.2 Å². The number of hydrogen-bond acceptors (Lipinski definition) is 2. The van der Waals surface area contributed by atoms with Gasteiger partial charge in [-0.1, -0.05) is 42.0 Å². The fourth-order valence-electron chi connectivity index (χ4n) is 3.14. The second-order valence-electron chi connectivity index (χ2n) is 6.45. The minimum Gasteiger partial charge on any atom is -0.339 e. The van der Waals surface area contributed by atoms with E-state index in [-0.39, 0.29) is 11.8 Å². The van der Waals surface area contributed by atoms with Crippen LogP contribution in [0.4, 0.5) is 0 Å². The molecule has 1 fully saturated rings. The number of amides is 1. The van der Waals surface area contributed by atoms with Crippen LogP contribution in [-0.2, 0) is 11.3 Å². The third-order valence-electron chi connectivity index (χ3n) is 4.44. The molecule has 0 aromatic heterocycles. The van der Waals surface area contributed by atoms with Crippen LogP contribution in [0.15, 0.2) is 36.4 Å². The average molecular weight is 335 g/mol. The molecule has 1 saturated heterocycles. The summed E-state index contributed by atoms with van der Waals surface area (Å²) in [6, 6.07) is 7.99. The van der Waals surface area contributed by atoms with Crippen LogP contribution >= 0.6 is 11.6 Å². The number of likely N-dealkylation sites (N-methyl/N-ethyl adjacent to an activating group) is 1. The first-order valence-corrected chi connectivity index (χ1v) is 8.78. The van der Waals surface area contributed by atoms with Gasteiger partial charge in [0, 0.05) is 30.6 Å². The number of nitrogens with zero attached hydrogens (tertiary/aromatic N) is 2. The van der Waals surface area contributed by atoms with Crippen LogP contribution in [0, 0.1) is 5.92 Å². The van der Waals surface area contributed by atoms with E-state index in [4.69, 9.17) is 11.6 Å². The zero-order valence-corrected chi connectivity index (χ0v) is 15.0. The number of piperidine rings is 1. The predicted octanol–water partition coefficient (Wildman–Crippen LogP) is 3.98. The zero-order valence-electron chi connectivity index (χ0n) is 14.2. The maximum atomic E-state index is 12.6. The Morgan fingerprint density at radius 1 is 1.35 bits per heavy atom. The Hall–Kier alpha value is -1.32. The van der Waals surface area contributed by atoms with Crippen LogP contribution in [-0.4, -0.2) is 41.9 Å². The van der Waals surface area contributed by atoms with E-state index in [2.05, 4.69) is 17.5 Å². The lowest BCUT2D eigenvalue weighted by atomic mass is 9.94. The number of carbonyl (C=O) groups excluding carboxylic acids is 1. The van der Waals surface area contributed by atoms with Gasteiger partial charge in [-0.25, -0.2) is 0 Å². The van der Waals surface area contributed by atoms with E-state index in [0.29, 0.717) is 6.54 Å². The molecule has 0 radical (unpaired) electrons. The molecule has 0 unspecified atom stereocenters. The van der Waals surface area contributed by atoms with Crippen molar-refractivity contribution in [1.29, 1.82) is 0 Å². The molecule has 0 atom stereocenters. The number of hydrogen-bond donors (Lipinski definition) is 0. The van der Waals surface area contributed by atoms with Crippen molar-refractivity contribution in [3.63, 3.8) is 0 Å². The summed E-state index contributed by atoms with van der Waals surface area (Å²) in [5, 5.41) is 0.823. The first kappa shape index (κ1) is 18.0. The summed E-state index contributed by atoms with van der Waals surface area (Å²) in [7, 11) is 0. The van der Waals surface area contributed by atoms with Gasteiger partial charge in [0.15, 0.2) is 0 Å². The first-order valence-electron chi connectivity index (χ1n) is 8.40. The normalized spacial score (nSPS) is 16.3. The van der Waals surface area contributed by atoms with Gasteiger partial charge >= 0.3 is 0 Å². The van der Waals surface area contributed by atoms with Gasteiger partial charge in [0.2, 0.25) is 5.91 Å². The molecule has 3 nitrogen and oxygen atoms in total. The molecule has 126 valence electrons. The number of carbonyl (C=O) groups is 1. The van der Waals surface area contributed by atoms with Crippen molar-refractivity contribution < 1.29 is 4.79 Å². The largest absolute Gasteiger partial charge is 0.339 e. The number of halogens is 1. The predicted molar refractivity (Wildman–Crippen MR) is 96.5 cm³/mol. The Balaban J connectivity index is 1.87. The fourth-order valence-corrected chi connectivity index (χ4v) is 3.33. The summed E-state index contributed by atoms with van der Waals surface area (Å²) in [5.74, 6) is 0.435. The van der Waals surface area contributed by atoms with Gasteiger partial charge in [-0.15, -0.1) is 0 Å². The van der Waals surface area contributed by atoms with Crippen LogP contribution in [0.3, 0.4) is 0 Å². The Bertz CT molecular complexity index is 550. The molecule has 1 heterocycles. The summed E-state index contributed by atoms with van der Waals surface area (Å²) < 4.78 is 0. The van der Waals surface area contributed by atoms with Crippen LogP contribution in [0.25, 0.3) is 0 Å². The lowest BCUT2D eigenvalue weighted by Crippen LogP contribution is -2.42. The summed E-state index contributed by atoms with van der Waals surface area (Å²) >= 11 is 6.24. The zero-order chi connectivity index (χ0) is 16.8. The maximum absolute atomic E-state index is 12.6. The highest BCUT2D eigenvalue weighted by Crippen LogP contribution is 2.23. The van der Waals surface area contributed by atoms with E-state index in [1.807, 2.05) is 36.9 Å². The van der Waals surface area contributed by atoms with Crippen molar-refractivity contribution in [2.45, 2.75) is 33.2 Å². The summed E-state index contributed by atoms with van der Waals surface area (Å²) in [6.07, 6.45) is 1.85. The number of likely N-dealkylation sites (tertiary alicyclic amines) is 1. The smallest absolute Gasteiger partial charge is 0.226 e. The third kappa shape index (κ3) is 5.08. The molecule has 0 spiro atoms. The van der Waals surface area contributed by atoms with Crippen molar-refractivity contribution in [3.05, 3.63) is 47.0 Å². The van der Waals surface area contributed by atoms with E-state index < -0.39 is 0 Å². The second kappa shape index (κ2) is 8.51. The molecule has 0 saturated carbocycles. The first-order chi connectivity index (χ1) is 11.0. The minimum atomic E-state index is 0.150. The molecule has 0 aliphatic carbocycles. The maximum Gasteiger partial charge on any atom is 0.226 e. The Kier molecular flexibility index (Phi) is 6.67. The van der Waals surface area contributed by atoms with Crippen LogP contribution in [0.1, 0.15) is 32.3 Å². The number of rotatable bonds is 6. The molecule has 1 aliphatic heterocycles. The standard InChI is InChI=1S/C19H27ClN2O/c1-4-22(13-15(2)3)19(23)16-9-11-21(12-10-16)14-17-7-5-6-8-18(17)20/h5-8,16H,2,4,9-14H2,1,3H3. The van der Waals surface area contributed by atoms with Gasteiger partial charge in [0.25, 0.3) is 0 Å². The number of benzene rings is 1. The van der Waals surface area contributed by atoms with E-state index in [1.54, 1.807) is 0 Å². The topological polar surface area (TPSA) is 23.6 Å². The molecule has 0 bridgehead atoms. The molecule has 1 aromatic rings. The summed E-state index contributed by atoms with van der Waals surface area (Å²) in [6.45, 7) is 12.1. The van der Waals surface area contributed by atoms with Gasteiger partial charge in [-0.3, -0.25) is 9.69 Å². The summed E-state index contributed by atoms with van der Waals surface area (Å²) in [5.41, 5.74) is 2.20. The minimum absolute atomic E-state index is 0.150. The molecule has 2 rings (SSSR count). The Morgan fingerprint density at radius 3 is 2.57 bits per heavy atom. The van der Waals surface area contributed by atoms with Crippen LogP contribution in [0.5, 0.6) is 0 Å². The van der Waals surface area contributed by atoms with Gasteiger partial charge < -0.3 is 4.90 Å². The van der Waals surface area contributed by atoms with Gasteiger partial charge in [0.05, 0.1) is 0 Å². The Morgan fingerprint density at radius 2 is 2.00 bits per heavy atom. The van der Waals surface area contributed by atoms with Crippen molar-refractivity contribution in [2.24, 2.45) is 5.92 Å². The van der Waals surface area contributed by atoms with Crippen molar-refractivity contribution in [1.82, 2.24) is 9.80 Å². The lowest BCUT2D eigenvalue weighted by molar-refractivity contribution is -0.136. The van der Waals surface area contributed by atoms with Crippen molar-refractivity contribution in [3.8, 4) is 0 Å². The van der Waals surface area contributed by atoms with E-state index in [1.165, 1.54) is 0 Å². The Labute approximate surface area is 144 Å². The SMILES string of the molecule is C=C(C)CN(CC)C(=O)C1CCN(Cc2ccccc2Cl)CC1. The van der Waals surface area contributed by atoms with E-state index in [0.717, 1.165) is 55.2 Å². The van der Waals surface area contributed by atoms with Gasteiger partial charge in [-0.2, -0.15) is 0 Å². The lowest BCUT2D eigenvalue weighted by Gasteiger charge is -2.34. The summed E-state index contributed by atoms with van der Waals surface area (Å²) in [4.78, 5) is 16.9. The molecule has 4 heteroatoms. The molecular weight excluding hydrogens is 308 g/mol. The second-order valence-corrected chi connectivity index (χ2v) is 6.86. The highest BCUT2D eigenvalue weighted by Gasteiger charge is 2.28. The van der Waals surface area contributed by atoms with Crippen molar-refractivity contribution >= 4 is 17.5 Å². The van der Waals surface area contributed by atoms with E-state index >= 15 is 0 Å².